The van der Waals surface area contributed by atoms with Crippen LogP contribution in [0.5, 0.6) is 0 Å². The first kappa shape index (κ1) is 13.0. The van der Waals surface area contributed by atoms with Crippen molar-refractivity contribution in [3.63, 3.8) is 0 Å². The maximum Gasteiger partial charge on any atom is 0.0828 e. The van der Waals surface area contributed by atoms with Gasteiger partial charge in [0.25, 0.3) is 0 Å². The third-order valence-electron chi connectivity index (χ3n) is 3.85. The normalized spacial score (nSPS) is 23.4. The van der Waals surface area contributed by atoms with Gasteiger partial charge in [0.2, 0.25) is 0 Å². The zero-order chi connectivity index (χ0) is 11.1. The van der Waals surface area contributed by atoms with Gasteiger partial charge in [-0.3, -0.25) is 0 Å². The molecule has 1 N–H and O–H groups in total. The molecule has 1 fully saturated rings. The number of hydrogen-bond acceptors (Lipinski definition) is 2. The van der Waals surface area contributed by atoms with Gasteiger partial charge in [-0.1, -0.05) is 32.6 Å². The quantitative estimate of drug-likeness (QED) is 0.709. The Kier molecular flexibility index (Phi) is 5.62. The van der Waals surface area contributed by atoms with Crippen molar-refractivity contribution >= 4 is 0 Å². The SMILES string of the molecule is CCCNC(C)C1(OC)CCCCCC1. The molecule has 0 radical (unpaired) electrons. The molecule has 0 spiro atoms. The maximum atomic E-state index is 5.86. The highest BCUT2D eigenvalue weighted by Gasteiger charge is 2.35. The number of rotatable bonds is 5. The van der Waals surface area contributed by atoms with Crippen LogP contribution in [0.1, 0.15) is 58.8 Å². The number of methoxy groups -OCH3 is 1. The lowest BCUT2D eigenvalue weighted by atomic mass is 9.87. The van der Waals surface area contributed by atoms with Crippen LogP contribution in [0.25, 0.3) is 0 Å². The zero-order valence-corrected chi connectivity index (χ0v) is 10.6. The summed E-state index contributed by atoms with van der Waals surface area (Å²) in [6.07, 6.45) is 9.06. The smallest absolute Gasteiger partial charge is 0.0828 e. The molecule has 0 bridgehead atoms. The van der Waals surface area contributed by atoms with Crippen LogP contribution < -0.4 is 5.32 Å². The molecule has 90 valence electrons. The van der Waals surface area contributed by atoms with E-state index < -0.39 is 0 Å². The Hall–Kier alpha value is -0.0800. The fraction of sp³-hybridized carbons (Fsp3) is 1.00. The molecule has 0 saturated heterocycles. The molecule has 0 aliphatic heterocycles. The number of nitrogens with one attached hydrogen (secondary N) is 1. The van der Waals surface area contributed by atoms with Gasteiger partial charge in [0.15, 0.2) is 0 Å². The van der Waals surface area contributed by atoms with Gasteiger partial charge >= 0.3 is 0 Å². The Morgan fingerprint density at radius 3 is 2.27 bits per heavy atom. The summed E-state index contributed by atoms with van der Waals surface area (Å²) in [5.74, 6) is 0. The van der Waals surface area contributed by atoms with Crippen molar-refractivity contribution in [3.8, 4) is 0 Å². The lowest BCUT2D eigenvalue weighted by molar-refractivity contribution is -0.0479. The minimum atomic E-state index is 0.103. The highest BCUT2D eigenvalue weighted by atomic mass is 16.5. The number of hydrogen-bond donors (Lipinski definition) is 1. The van der Waals surface area contributed by atoms with E-state index in [0.29, 0.717) is 6.04 Å². The monoisotopic (exact) mass is 213 g/mol. The molecular formula is C13H27NO. The standard InChI is InChI=1S/C13H27NO/c1-4-11-14-12(2)13(15-3)9-7-5-6-8-10-13/h12,14H,4-11H2,1-3H3. The minimum Gasteiger partial charge on any atom is -0.377 e. The Morgan fingerprint density at radius 1 is 1.20 bits per heavy atom. The second kappa shape index (κ2) is 6.49. The van der Waals surface area contributed by atoms with Crippen LogP contribution in [0, 0.1) is 0 Å². The van der Waals surface area contributed by atoms with Crippen LogP contribution in [-0.4, -0.2) is 25.3 Å². The van der Waals surface area contributed by atoms with E-state index in [2.05, 4.69) is 19.2 Å². The molecule has 0 aromatic rings. The van der Waals surface area contributed by atoms with E-state index >= 15 is 0 Å². The van der Waals surface area contributed by atoms with Crippen molar-refractivity contribution in [3.05, 3.63) is 0 Å². The summed E-state index contributed by atoms with van der Waals surface area (Å²) in [5, 5.41) is 3.60. The zero-order valence-electron chi connectivity index (χ0n) is 10.6. The number of ether oxygens (including phenoxy) is 1. The van der Waals surface area contributed by atoms with E-state index in [4.69, 9.17) is 4.74 Å². The van der Waals surface area contributed by atoms with Crippen molar-refractivity contribution < 1.29 is 4.74 Å². The Bertz CT molecular complexity index is 162. The summed E-state index contributed by atoms with van der Waals surface area (Å²) >= 11 is 0. The summed E-state index contributed by atoms with van der Waals surface area (Å²) in [6, 6.07) is 0.487. The first-order valence-electron chi connectivity index (χ1n) is 6.53. The average Bonchev–Trinajstić information content (AvgIpc) is 2.52. The van der Waals surface area contributed by atoms with E-state index in [9.17, 15) is 0 Å². The molecule has 15 heavy (non-hydrogen) atoms. The molecule has 1 aliphatic rings. The van der Waals surface area contributed by atoms with E-state index in [0.717, 1.165) is 6.54 Å². The summed E-state index contributed by atoms with van der Waals surface area (Å²) < 4.78 is 5.86. The Labute approximate surface area is 94.8 Å². The molecule has 1 rings (SSSR count). The van der Waals surface area contributed by atoms with E-state index in [-0.39, 0.29) is 5.60 Å². The second-order valence-corrected chi connectivity index (χ2v) is 4.86. The fourth-order valence-corrected chi connectivity index (χ4v) is 2.69. The highest BCUT2D eigenvalue weighted by Crippen LogP contribution is 2.32. The minimum absolute atomic E-state index is 0.103. The lowest BCUT2D eigenvalue weighted by Gasteiger charge is -2.38. The van der Waals surface area contributed by atoms with E-state index in [1.54, 1.807) is 0 Å². The average molecular weight is 213 g/mol. The van der Waals surface area contributed by atoms with Crippen LogP contribution in [-0.2, 0) is 4.74 Å². The predicted octanol–water partition coefficient (Wildman–Crippen LogP) is 3.11. The maximum absolute atomic E-state index is 5.86. The van der Waals surface area contributed by atoms with Gasteiger partial charge in [-0.2, -0.15) is 0 Å². The molecule has 1 unspecified atom stereocenters. The lowest BCUT2D eigenvalue weighted by Crippen LogP contribution is -2.50. The Balaban J connectivity index is 2.55. The van der Waals surface area contributed by atoms with Gasteiger partial charge in [-0.05, 0) is 32.7 Å². The molecule has 2 nitrogen and oxygen atoms in total. The fourth-order valence-electron chi connectivity index (χ4n) is 2.69. The van der Waals surface area contributed by atoms with Crippen molar-refractivity contribution in [2.24, 2.45) is 0 Å². The molecule has 0 amide bonds. The van der Waals surface area contributed by atoms with Crippen molar-refractivity contribution in [2.45, 2.75) is 70.4 Å². The summed E-state index contributed by atoms with van der Waals surface area (Å²) in [5.41, 5.74) is 0.103. The van der Waals surface area contributed by atoms with Crippen LogP contribution in [0.3, 0.4) is 0 Å². The van der Waals surface area contributed by atoms with Crippen LogP contribution in [0.4, 0.5) is 0 Å². The van der Waals surface area contributed by atoms with E-state index in [1.807, 2.05) is 7.11 Å². The van der Waals surface area contributed by atoms with Crippen LogP contribution >= 0.6 is 0 Å². The van der Waals surface area contributed by atoms with Gasteiger partial charge in [-0.25, -0.2) is 0 Å². The third kappa shape index (κ3) is 3.46. The van der Waals surface area contributed by atoms with Crippen molar-refractivity contribution in [2.75, 3.05) is 13.7 Å². The summed E-state index contributed by atoms with van der Waals surface area (Å²) in [4.78, 5) is 0. The highest BCUT2D eigenvalue weighted by molar-refractivity contribution is 4.91. The molecule has 2 heteroatoms. The van der Waals surface area contributed by atoms with Crippen molar-refractivity contribution in [1.29, 1.82) is 0 Å². The molecule has 1 aliphatic carbocycles. The summed E-state index contributed by atoms with van der Waals surface area (Å²) in [6.45, 7) is 5.60. The van der Waals surface area contributed by atoms with Gasteiger partial charge < -0.3 is 10.1 Å². The van der Waals surface area contributed by atoms with Crippen LogP contribution in [0.2, 0.25) is 0 Å². The molecule has 1 saturated carbocycles. The molecule has 1 atom stereocenters. The van der Waals surface area contributed by atoms with Crippen LogP contribution in [0.15, 0.2) is 0 Å². The predicted molar refractivity (Wildman–Crippen MR) is 65.2 cm³/mol. The first-order chi connectivity index (χ1) is 7.25. The Morgan fingerprint density at radius 2 is 1.80 bits per heavy atom. The molecule has 0 aromatic heterocycles. The largest absolute Gasteiger partial charge is 0.377 e. The van der Waals surface area contributed by atoms with Gasteiger partial charge in [0.1, 0.15) is 0 Å². The van der Waals surface area contributed by atoms with E-state index in [1.165, 1.54) is 44.9 Å². The third-order valence-corrected chi connectivity index (χ3v) is 3.85. The molecular weight excluding hydrogens is 186 g/mol. The topological polar surface area (TPSA) is 21.3 Å². The second-order valence-electron chi connectivity index (χ2n) is 4.86. The van der Waals surface area contributed by atoms with Crippen molar-refractivity contribution in [1.82, 2.24) is 5.32 Å². The molecule has 0 heterocycles. The molecule has 0 aromatic carbocycles. The van der Waals surface area contributed by atoms with Gasteiger partial charge in [0, 0.05) is 13.2 Å². The first-order valence-corrected chi connectivity index (χ1v) is 6.53. The van der Waals surface area contributed by atoms with Gasteiger partial charge in [-0.15, -0.1) is 0 Å². The van der Waals surface area contributed by atoms with Gasteiger partial charge in [0.05, 0.1) is 5.60 Å². The summed E-state index contributed by atoms with van der Waals surface area (Å²) in [7, 11) is 1.88.